The Labute approximate surface area is 187 Å². The maximum absolute atomic E-state index is 12.1. The predicted molar refractivity (Wildman–Crippen MR) is 121 cm³/mol. The smallest absolute Gasteiger partial charge is 0.244 e. The molecule has 0 saturated heterocycles. The van der Waals surface area contributed by atoms with Crippen molar-refractivity contribution in [1.29, 1.82) is 0 Å². The molecule has 0 heterocycles. The highest BCUT2D eigenvalue weighted by molar-refractivity contribution is 9.10. The molecule has 7 heteroatoms. The SMILES string of the molecule is O=C(Cc1ccc(Br)cc1)N/N=C\c1cc(Cl)ccc1OCc1cccc(Cl)c1. The van der Waals surface area contributed by atoms with Gasteiger partial charge in [0.1, 0.15) is 12.4 Å². The Bertz CT molecular complexity index is 1020. The summed E-state index contributed by atoms with van der Waals surface area (Å²) in [5.41, 5.74) is 5.02. The van der Waals surface area contributed by atoms with Crippen LogP contribution < -0.4 is 10.2 Å². The summed E-state index contributed by atoms with van der Waals surface area (Å²) >= 11 is 15.5. The van der Waals surface area contributed by atoms with Crippen molar-refractivity contribution in [3.8, 4) is 5.75 Å². The molecule has 0 aliphatic rings. The zero-order valence-corrected chi connectivity index (χ0v) is 18.3. The van der Waals surface area contributed by atoms with E-state index in [4.69, 9.17) is 27.9 Å². The molecule has 0 bridgehead atoms. The standard InChI is InChI=1S/C22H17BrCl2N2O2/c23-18-6-4-15(5-7-18)11-22(28)27-26-13-17-12-20(25)8-9-21(17)29-14-16-2-1-3-19(24)10-16/h1-10,12-13H,11,14H2,(H,27,28)/b26-13-. The quantitative estimate of drug-likeness (QED) is 0.324. The highest BCUT2D eigenvalue weighted by atomic mass is 79.9. The molecule has 0 unspecified atom stereocenters. The molecule has 1 N–H and O–H groups in total. The summed E-state index contributed by atoms with van der Waals surface area (Å²) in [6, 6.07) is 20.2. The molecule has 29 heavy (non-hydrogen) atoms. The Morgan fingerprint density at radius 1 is 1.00 bits per heavy atom. The van der Waals surface area contributed by atoms with Crippen molar-refractivity contribution in [3.05, 3.63) is 97.9 Å². The van der Waals surface area contributed by atoms with E-state index in [0.29, 0.717) is 28.0 Å². The first kappa shape index (κ1) is 21.4. The number of hydrogen-bond donors (Lipinski definition) is 1. The van der Waals surface area contributed by atoms with Crippen LogP contribution in [0.1, 0.15) is 16.7 Å². The van der Waals surface area contributed by atoms with E-state index in [1.807, 2.05) is 48.5 Å². The fraction of sp³-hybridized carbons (Fsp3) is 0.0909. The van der Waals surface area contributed by atoms with E-state index in [9.17, 15) is 4.79 Å². The van der Waals surface area contributed by atoms with Gasteiger partial charge in [-0.2, -0.15) is 5.10 Å². The van der Waals surface area contributed by atoms with E-state index in [-0.39, 0.29) is 12.3 Å². The van der Waals surface area contributed by atoms with Crippen LogP contribution in [-0.2, 0) is 17.8 Å². The molecule has 0 saturated carbocycles. The van der Waals surface area contributed by atoms with E-state index in [1.165, 1.54) is 6.21 Å². The highest BCUT2D eigenvalue weighted by Crippen LogP contribution is 2.23. The summed E-state index contributed by atoms with van der Waals surface area (Å²) in [6.45, 7) is 0.346. The van der Waals surface area contributed by atoms with E-state index in [0.717, 1.165) is 15.6 Å². The first-order valence-electron chi connectivity index (χ1n) is 8.73. The molecule has 0 aliphatic heterocycles. The van der Waals surface area contributed by atoms with Gasteiger partial charge in [0.15, 0.2) is 0 Å². The Balaban J connectivity index is 1.62. The van der Waals surface area contributed by atoms with Crippen molar-refractivity contribution < 1.29 is 9.53 Å². The predicted octanol–water partition coefficient (Wildman–Crippen LogP) is 6.03. The van der Waals surface area contributed by atoms with E-state index < -0.39 is 0 Å². The van der Waals surface area contributed by atoms with Crippen LogP contribution in [0.2, 0.25) is 10.0 Å². The van der Waals surface area contributed by atoms with Gasteiger partial charge in [-0.15, -0.1) is 0 Å². The van der Waals surface area contributed by atoms with Gasteiger partial charge in [0.05, 0.1) is 12.6 Å². The summed E-state index contributed by atoms with van der Waals surface area (Å²) in [4.78, 5) is 12.1. The summed E-state index contributed by atoms with van der Waals surface area (Å²) < 4.78 is 6.84. The third-order valence-corrected chi connectivity index (χ3v) is 4.92. The molecule has 4 nitrogen and oxygen atoms in total. The molecule has 148 valence electrons. The number of halogens is 3. The maximum atomic E-state index is 12.1. The minimum atomic E-state index is -0.216. The lowest BCUT2D eigenvalue weighted by atomic mass is 10.1. The van der Waals surface area contributed by atoms with Crippen molar-refractivity contribution in [2.45, 2.75) is 13.0 Å². The number of benzene rings is 3. The van der Waals surface area contributed by atoms with E-state index in [1.54, 1.807) is 18.2 Å². The monoisotopic (exact) mass is 490 g/mol. The number of hydrazone groups is 1. The number of nitrogens with zero attached hydrogens (tertiary/aromatic N) is 1. The number of hydrogen-bond acceptors (Lipinski definition) is 3. The Hall–Kier alpha value is -2.34. The maximum Gasteiger partial charge on any atom is 0.244 e. The topological polar surface area (TPSA) is 50.7 Å². The molecule has 0 spiro atoms. The first-order valence-corrected chi connectivity index (χ1v) is 10.3. The molecule has 0 aromatic heterocycles. The molecular weight excluding hydrogens is 475 g/mol. The summed E-state index contributed by atoms with van der Waals surface area (Å²) in [7, 11) is 0. The van der Waals surface area contributed by atoms with Crippen LogP contribution in [0, 0.1) is 0 Å². The summed E-state index contributed by atoms with van der Waals surface area (Å²) in [5.74, 6) is 0.382. The second kappa shape index (κ2) is 10.4. The minimum absolute atomic E-state index is 0.216. The van der Waals surface area contributed by atoms with Crippen LogP contribution in [0.15, 0.2) is 76.3 Å². The van der Waals surface area contributed by atoms with Crippen molar-refractivity contribution in [1.82, 2.24) is 5.43 Å². The van der Waals surface area contributed by atoms with Crippen molar-refractivity contribution in [2.75, 3.05) is 0 Å². The zero-order valence-electron chi connectivity index (χ0n) is 15.2. The first-order chi connectivity index (χ1) is 14.0. The van der Waals surface area contributed by atoms with Gasteiger partial charge in [-0.05, 0) is 53.6 Å². The molecule has 3 aromatic carbocycles. The molecule has 3 aromatic rings. The molecule has 0 atom stereocenters. The van der Waals surface area contributed by atoms with Gasteiger partial charge in [-0.1, -0.05) is 63.4 Å². The Morgan fingerprint density at radius 2 is 1.76 bits per heavy atom. The second-order valence-corrected chi connectivity index (χ2v) is 7.99. The van der Waals surface area contributed by atoms with Crippen molar-refractivity contribution in [3.63, 3.8) is 0 Å². The summed E-state index contributed by atoms with van der Waals surface area (Å²) in [6.07, 6.45) is 1.75. The van der Waals surface area contributed by atoms with Gasteiger partial charge in [-0.25, -0.2) is 5.43 Å². The number of nitrogens with one attached hydrogen (secondary N) is 1. The number of amides is 1. The fourth-order valence-electron chi connectivity index (χ4n) is 2.54. The van der Waals surface area contributed by atoms with Crippen LogP contribution in [-0.4, -0.2) is 12.1 Å². The fourth-order valence-corrected chi connectivity index (χ4v) is 3.20. The van der Waals surface area contributed by atoms with Crippen LogP contribution in [0.5, 0.6) is 5.75 Å². The van der Waals surface area contributed by atoms with E-state index in [2.05, 4.69) is 26.5 Å². The molecule has 0 aliphatic carbocycles. The number of carbonyl (C=O) groups excluding carboxylic acids is 1. The Morgan fingerprint density at radius 3 is 2.52 bits per heavy atom. The third-order valence-electron chi connectivity index (χ3n) is 3.93. The van der Waals surface area contributed by atoms with Gasteiger partial charge in [0.25, 0.3) is 0 Å². The zero-order chi connectivity index (χ0) is 20.6. The largest absolute Gasteiger partial charge is 0.488 e. The van der Waals surface area contributed by atoms with Crippen LogP contribution in [0.3, 0.4) is 0 Å². The number of ether oxygens (including phenoxy) is 1. The van der Waals surface area contributed by atoms with Gasteiger partial charge in [0.2, 0.25) is 5.91 Å². The van der Waals surface area contributed by atoms with Gasteiger partial charge in [0, 0.05) is 20.1 Å². The third kappa shape index (κ3) is 6.89. The van der Waals surface area contributed by atoms with Gasteiger partial charge < -0.3 is 4.74 Å². The van der Waals surface area contributed by atoms with Crippen molar-refractivity contribution >= 4 is 51.3 Å². The molecule has 0 fully saturated rings. The van der Waals surface area contributed by atoms with Gasteiger partial charge >= 0.3 is 0 Å². The number of rotatable bonds is 7. The Kier molecular flexibility index (Phi) is 7.69. The summed E-state index contributed by atoms with van der Waals surface area (Å²) in [5, 5.41) is 5.23. The van der Waals surface area contributed by atoms with Crippen LogP contribution >= 0.6 is 39.1 Å². The van der Waals surface area contributed by atoms with Crippen molar-refractivity contribution in [2.24, 2.45) is 5.10 Å². The molecule has 3 rings (SSSR count). The lowest BCUT2D eigenvalue weighted by Gasteiger charge is -2.10. The van der Waals surface area contributed by atoms with Gasteiger partial charge in [-0.3, -0.25) is 4.79 Å². The molecule has 1 amide bonds. The molecular formula is C22H17BrCl2N2O2. The van der Waals surface area contributed by atoms with Crippen LogP contribution in [0.4, 0.5) is 0 Å². The second-order valence-electron chi connectivity index (χ2n) is 6.20. The minimum Gasteiger partial charge on any atom is -0.488 e. The molecule has 0 radical (unpaired) electrons. The highest BCUT2D eigenvalue weighted by Gasteiger charge is 2.06. The average molecular weight is 492 g/mol. The van der Waals surface area contributed by atoms with Crippen LogP contribution in [0.25, 0.3) is 0 Å². The van der Waals surface area contributed by atoms with E-state index >= 15 is 0 Å². The lowest BCUT2D eigenvalue weighted by Crippen LogP contribution is -2.19. The average Bonchev–Trinajstić information content (AvgIpc) is 2.69. The number of carbonyl (C=O) groups is 1. The lowest BCUT2D eigenvalue weighted by molar-refractivity contribution is -0.120. The normalized spacial score (nSPS) is 10.9.